The van der Waals surface area contributed by atoms with Crippen LogP contribution in [0, 0.1) is 6.92 Å². The minimum absolute atomic E-state index is 0.0168. The number of hydrogen-bond donors (Lipinski definition) is 1. The van der Waals surface area contributed by atoms with Gasteiger partial charge in [-0.2, -0.15) is 0 Å². The zero-order valence-corrected chi connectivity index (χ0v) is 19.3. The van der Waals surface area contributed by atoms with E-state index in [0.29, 0.717) is 6.42 Å². The number of phenolic OH excluding ortho intramolecular Hbond substituents is 1. The molecule has 0 bridgehead atoms. The van der Waals surface area contributed by atoms with E-state index in [9.17, 15) is 13.5 Å². The molecule has 0 amide bonds. The summed E-state index contributed by atoms with van der Waals surface area (Å²) in [4.78, 5) is 2.38. The van der Waals surface area contributed by atoms with Crippen LogP contribution in [-0.2, 0) is 29.1 Å². The van der Waals surface area contributed by atoms with E-state index in [1.165, 1.54) is 0 Å². The van der Waals surface area contributed by atoms with Gasteiger partial charge in [0.15, 0.2) is 0 Å². The van der Waals surface area contributed by atoms with Crippen molar-refractivity contribution in [3.05, 3.63) is 87.4 Å². The SMILES string of the molecule is Cc1cc(Cc2ccc(S(=O)(=O)c3cc4c(cc3O)CCN(C)CC4)cc2)ccc1Cl. The average molecular weight is 456 g/mol. The Labute approximate surface area is 189 Å². The van der Waals surface area contributed by atoms with E-state index in [1.807, 2.05) is 37.3 Å². The minimum atomic E-state index is -3.81. The second kappa shape index (κ2) is 8.65. The van der Waals surface area contributed by atoms with Crippen LogP contribution in [0.2, 0.25) is 5.02 Å². The second-order valence-electron chi connectivity index (χ2n) is 8.30. The number of rotatable bonds is 4. The summed E-state index contributed by atoms with van der Waals surface area (Å²) in [6, 6.07) is 16.1. The molecule has 0 fully saturated rings. The third-order valence-electron chi connectivity index (χ3n) is 5.96. The average Bonchev–Trinajstić information content (AvgIpc) is 2.92. The molecule has 3 aromatic rings. The Bertz CT molecular complexity index is 1220. The molecule has 31 heavy (non-hydrogen) atoms. The standard InChI is InChI=1S/C25H26ClNO3S/c1-17-13-19(5-8-23(17)26)14-18-3-6-22(7-4-18)31(29,30)25-16-21-10-12-27(2)11-9-20(21)15-24(25)28/h3-8,13,15-16,28H,9-12,14H2,1-2H3. The van der Waals surface area contributed by atoms with Crippen LogP contribution in [-0.4, -0.2) is 38.6 Å². The van der Waals surface area contributed by atoms with Crippen molar-refractivity contribution in [3.8, 4) is 5.75 Å². The Kier molecular flexibility index (Phi) is 6.11. The fourth-order valence-electron chi connectivity index (χ4n) is 4.03. The fraction of sp³-hybridized carbons (Fsp3) is 0.280. The largest absolute Gasteiger partial charge is 0.507 e. The first-order chi connectivity index (χ1) is 14.7. The number of aromatic hydroxyl groups is 1. The van der Waals surface area contributed by atoms with Crippen LogP contribution in [0.4, 0.5) is 0 Å². The highest BCUT2D eigenvalue weighted by atomic mass is 35.5. The van der Waals surface area contributed by atoms with E-state index in [4.69, 9.17) is 11.6 Å². The van der Waals surface area contributed by atoms with Crippen LogP contribution in [0.3, 0.4) is 0 Å². The van der Waals surface area contributed by atoms with Crippen LogP contribution in [0.1, 0.15) is 27.8 Å². The number of aryl methyl sites for hydroxylation is 1. The van der Waals surface area contributed by atoms with Crippen molar-refractivity contribution in [1.29, 1.82) is 0 Å². The number of halogens is 1. The van der Waals surface area contributed by atoms with E-state index in [0.717, 1.165) is 58.8 Å². The Hall–Kier alpha value is -2.34. The molecular formula is C25H26ClNO3S. The molecule has 0 aliphatic carbocycles. The molecule has 0 radical (unpaired) electrons. The van der Waals surface area contributed by atoms with E-state index in [2.05, 4.69) is 11.9 Å². The van der Waals surface area contributed by atoms with Crippen LogP contribution in [0.5, 0.6) is 5.75 Å². The zero-order chi connectivity index (χ0) is 22.2. The highest BCUT2D eigenvalue weighted by Gasteiger charge is 2.24. The molecular weight excluding hydrogens is 430 g/mol. The van der Waals surface area contributed by atoms with Crippen molar-refractivity contribution in [2.24, 2.45) is 0 Å². The lowest BCUT2D eigenvalue weighted by molar-refractivity contribution is 0.352. The van der Waals surface area contributed by atoms with E-state index < -0.39 is 9.84 Å². The molecule has 0 atom stereocenters. The summed E-state index contributed by atoms with van der Waals surface area (Å²) in [5.41, 5.74) is 5.16. The van der Waals surface area contributed by atoms with Gasteiger partial charge < -0.3 is 10.0 Å². The normalized spacial score (nSPS) is 14.8. The van der Waals surface area contributed by atoms with E-state index >= 15 is 0 Å². The van der Waals surface area contributed by atoms with Gasteiger partial charge in [-0.1, -0.05) is 35.9 Å². The number of hydrogen-bond acceptors (Lipinski definition) is 4. The summed E-state index contributed by atoms with van der Waals surface area (Å²) in [5, 5.41) is 11.2. The molecule has 0 saturated carbocycles. The summed E-state index contributed by atoms with van der Waals surface area (Å²) in [7, 11) is -1.76. The summed E-state index contributed by atoms with van der Waals surface area (Å²) >= 11 is 6.10. The molecule has 1 aliphatic rings. The molecule has 0 saturated heterocycles. The van der Waals surface area contributed by atoms with Crippen LogP contribution in [0.25, 0.3) is 0 Å². The van der Waals surface area contributed by atoms with Crippen LogP contribution < -0.4 is 0 Å². The van der Waals surface area contributed by atoms with Gasteiger partial charge in [0.1, 0.15) is 10.6 Å². The van der Waals surface area contributed by atoms with Gasteiger partial charge in [-0.05, 0) is 91.4 Å². The van der Waals surface area contributed by atoms with Gasteiger partial charge in [-0.3, -0.25) is 0 Å². The first-order valence-electron chi connectivity index (χ1n) is 10.4. The highest BCUT2D eigenvalue weighted by Crippen LogP contribution is 2.33. The summed E-state index contributed by atoms with van der Waals surface area (Å²) in [6.45, 7) is 3.73. The summed E-state index contributed by atoms with van der Waals surface area (Å²) in [6.07, 6.45) is 2.27. The molecule has 162 valence electrons. The van der Waals surface area contributed by atoms with Gasteiger partial charge in [-0.25, -0.2) is 8.42 Å². The fourth-order valence-corrected chi connectivity index (χ4v) is 5.53. The van der Waals surface area contributed by atoms with E-state index in [-0.39, 0.29) is 15.5 Å². The predicted octanol–water partition coefficient (Wildman–Crippen LogP) is 4.81. The predicted molar refractivity (Wildman–Crippen MR) is 124 cm³/mol. The van der Waals surface area contributed by atoms with Crippen molar-refractivity contribution in [2.75, 3.05) is 20.1 Å². The monoisotopic (exact) mass is 455 g/mol. The van der Waals surface area contributed by atoms with Gasteiger partial charge in [0, 0.05) is 18.1 Å². The summed E-state index contributed by atoms with van der Waals surface area (Å²) in [5.74, 6) is -0.177. The molecule has 0 aromatic heterocycles. The number of sulfone groups is 1. The quantitative estimate of drug-likeness (QED) is 0.613. The maximum Gasteiger partial charge on any atom is 0.210 e. The first-order valence-corrected chi connectivity index (χ1v) is 12.2. The van der Waals surface area contributed by atoms with E-state index in [1.54, 1.807) is 24.3 Å². The third-order valence-corrected chi connectivity index (χ3v) is 8.18. The Balaban J connectivity index is 1.61. The highest BCUT2D eigenvalue weighted by molar-refractivity contribution is 7.91. The molecule has 4 nitrogen and oxygen atoms in total. The van der Waals surface area contributed by atoms with Gasteiger partial charge >= 0.3 is 0 Å². The lowest BCUT2D eigenvalue weighted by Gasteiger charge is -2.12. The molecule has 0 spiro atoms. The van der Waals surface area contributed by atoms with Crippen molar-refractivity contribution >= 4 is 21.4 Å². The maximum atomic E-state index is 13.3. The number of fused-ring (bicyclic) bond motifs is 1. The van der Waals surface area contributed by atoms with Gasteiger partial charge in [0.2, 0.25) is 9.84 Å². The molecule has 1 N–H and O–H groups in total. The summed E-state index contributed by atoms with van der Waals surface area (Å²) < 4.78 is 26.5. The Morgan fingerprint density at radius 3 is 2.19 bits per heavy atom. The minimum Gasteiger partial charge on any atom is -0.507 e. The maximum absolute atomic E-state index is 13.3. The molecule has 4 rings (SSSR count). The van der Waals surface area contributed by atoms with Crippen molar-refractivity contribution < 1.29 is 13.5 Å². The van der Waals surface area contributed by atoms with Gasteiger partial charge in [0.05, 0.1) is 4.90 Å². The number of nitrogens with zero attached hydrogens (tertiary/aromatic N) is 1. The van der Waals surface area contributed by atoms with Crippen molar-refractivity contribution in [3.63, 3.8) is 0 Å². The first kappa shape index (κ1) is 21.9. The van der Waals surface area contributed by atoms with Crippen LogP contribution >= 0.6 is 11.6 Å². The molecule has 1 heterocycles. The van der Waals surface area contributed by atoms with Gasteiger partial charge in [0.25, 0.3) is 0 Å². The third kappa shape index (κ3) is 4.64. The van der Waals surface area contributed by atoms with Crippen LogP contribution in [0.15, 0.2) is 64.4 Å². The zero-order valence-electron chi connectivity index (χ0n) is 17.7. The molecule has 3 aromatic carbocycles. The second-order valence-corrected chi connectivity index (χ2v) is 10.6. The van der Waals surface area contributed by atoms with Gasteiger partial charge in [-0.15, -0.1) is 0 Å². The van der Waals surface area contributed by atoms with Crippen molar-refractivity contribution in [1.82, 2.24) is 4.90 Å². The topological polar surface area (TPSA) is 57.6 Å². The Morgan fingerprint density at radius 1 is 0.935 bits per heavy atom. The molecule has 0 unspecified atom stereocenters. The number of phenols is 1. The lowest BCUT2D eigenvalue weighted by Crippen LogP contribution is -2.20. The molecule has 6 heteroatoms. The smallest absolute Gasteiger partial charge is 0.210 e. The molecule has 1 aliphatic heterocycles. The lowest BCUT2D eigenvalue weighted by atomic mass is 10.0. The number of likely N-dealkylation sites (N-methyl/N-ethyl adjacent to an activating group) is 1. The van der Waals surface area contributed by atoms with Crippen molar-refractivity contribution in [2.45, 2.75) is 36.0 Å². The number of benzene rings is 3. The Morgan fingerprint density at radius 2 is 1.55 bits per heavy atom.